The van der Waals surface area contributed by atoms with Gasteiger partial charge in [-0.25, -0.2) is 9.67 Å². The van der Waals surface area contributed by atoms with Gasteiger partial charge in [0.2, 0.25) is 5.91 Å². The van der Waals surface area contributed by atoms with Gasteiger partial charge in [-0.05, 0) is 5.92 Å². The third-order valence-electron chi connectivity index (χ3n) is 4.33. The molecule has 3 aromatic rings. The minimum atomic E-state index is -0.0293. The molecule has 0 unspecified atom stereocenters. The zero-order valence-corrected chi connectivity index (χ0v) is 15.1. The quantitative estimate of drug-likeness (QED) is 0.768. The van der Waals surface area contributed by atoms with E-state index in [9.17, 15) is 4.79 Å². The molecule has 25 heavy (non-hydrogen) atoms. The number of nitrogens with one attached hydrogen (secondary N) is 1. The largest absolute Gasteiger partial charge is 0.311 e. The number of carbonyl (C=O) groups excluding carboxylic acids is 1. The van der Waals surface area contributed by atoms with E-state index < -0.39 is 0 Å². The Kier molecular flexibility index (Phi) is 4.13. The van der Waals surface area contributed by atoms with E-state index in [1.807, 2.05) is 29.1 Å². The Bertz CT molecular complexity index is 897. The summed E-state index contributed by atoms with van der Waals surface area (Å²) in [5, 5.41) is 10.5. The first kappa shape index (κ1) is 16.0. The van der Waals surface area contributed by atoms with E-state index in [4.69, 9.17) is 4.98 Å². The molecule has 0 aliphatic carbocycles. The second-order valence-corrected chi connectivity index (χ2v) is 7.63. The Labute approximate surface area is 150 Å². The molecule has 5 nitrogen and oxygen atoms in total. The van der Waals surface area contributed by atoms with Gasteiger partial charge in [0.05, 0.1) is 11.9 Å². The van der Waals surface area contributed by atoms with Gasteiger partial charge in [0.1, 0.15) is 10.8 Å². The number of hydrogen-bond donors (Lipinski definition) is 1. The number of thiazole rings is 1. The van der Waals surface area contributed by atoms with Gasteiger partial charge in [-0.2, -0.15) is 5.10 Å². The van der Waals surface area contributed by atoms with E-state index in [-0.39, 0.29) is 11.8 Å². The van der Waals surface area contributed by atoms with Gasteiger partial charge in [-0.15, -0.1) is 11.3 Å². The Balaban J connectivity index is 1.69. The van der Waals surface area contributed by atoms with Crippen LogP contribution < -0.4 is 5.32 Å². The predicted octanol–water partition coefficient (Wildman–Crippen LogP) is 4.14. The summed E-state index contributed by atoms with van der Waals surface area (Å²) in [4.78, 5) is 17.1. The third-order valence-corrected chi connectivity index (χ3v) is 5.24. The molecule has 1 aliphatic heterocycles. The molecule has 0 saturated heterocycles. The van der Waals surface area contributed by atoms with Crippen LogP contribution in [0.4, 0.5) is 5.82 Å². The summed E-state index contributed by atoms with van der Waals surface area (Å²) in [6.45, 7) is 5.07. The number of benzene rings is 1. The SMILES string of the molecule is CC(C)Cn1ncc2c1NC(=O)C[C@H]2c1csc(-c2ccccc2)n1. The number of hydrogen-bond acceptors (Lipinski definition) is 4. The highest BCUT2D eigenvalue weighted by Crippen LogP contribution is 2.38. The number of fused-ring (bicyclic) bond motifs is 1. The van der Waals surface area contributed by atoms with E-state index in [0.717, 1.165) is 34.2 Å². The number of rotatable bonds is 4. The number of carbonyl (C=O) groups is 1. The van der Waals surface area contributed by atoms with Crippen LogP contribution >= 0.6 is 11.3 Å². The minimum absolute atomic E-state index is 0.0252. The van der Waals surface area contributed by atoms with Crippen molar-refractivity contribution < 1.29 is 4.79 Å². The fourth-order valence-electron chi connectivity index (χ4n) is 3.18. The molecule has 0 fully saturated rings. The van der Waals surface area contributed by atoms with Crippen LogP contribution in [0.25, 0.3) is 10.6 Å². The van der Waals surface area contributed by atoms with Crippen LogP contribution in [0, 0.1) is 5.92 Å². The van der Waals surface area contributed by atoms with Crippen LogP contribution in [0.1, 0.15) is 37.4 Å². The van der Waals surface area contributed by atoms with Crippen LogP contribution in [0.5, 0.6) is 0 Å². The maximum atomic E-state index is 12.2. The standard InChI is InChI=1S/C19H20N4OS/c1-12(2)10-23-18-15(9-20-23)14(8-17(24)22-18)16-11-25-19(21-16)13-6-4-3-5-7-13/h3-7,9,11-12,14H,8,10H2,1-2H3,(H,22,24)/t14-/m1/s1. The second kappa shape index (κ2) is 6.44. The monoisotopic (exact) mass is 352 g/mol. The van der Waals surface area contributed by atoms with Crippen molar-refractivity contribution in [1.82, 2.24) is 14.8 Å². The van der Waals surface area contributed by atoms with E-state index in [1.165, 1.54) is 0 Å². The highest BCUT2D eigenvalue weighted by atomic mass is 32.1. The van der Waals surface area contributed by atoms with Crippen molar-refractivity contribution in [1.29, 1.82) is 0 Å². The summed E-state index contributed by atoms with van der Waals surface area (Å²) < 4.78 is 1.90. The summed E-state index contributed by atoms with van der Waals surface area (Å²) in [5.41, 5.74) is 3.11. The summed E-state index contributed by atoms with van der Waals surface area (Å²) in [6.07, 6.45) is 2.29. The fourth-order valence-corrected chi connectivity index (χ4v) is 4.06. The van der Waals surface area contributed by atoms with Crippen LogP contribution in [0.3, 0.4) is 0 Å². The zero-order chi connectivity index (χ0) is 17.4. The molecule has 1 aliphatic rings. The molecule has 2 aromatic heterocycles. The average Bonchev–Trinajstić information content (AvgIpc) is 3.23. The Hall–Kier alpha value is -2.47. The van der Waals surface area contributed by atoms with Gasteiger partial charge in [-0.3, -0.25) is 4.79 Å². The molecule has 0 radical (unpaired) electrons. The lowest BCUT2D eigenvalue weighted by Crippen LogP contribution is -2.25. The van der Waals surface area contributed by atoms with Crippen molar-refractivity contribution >= 4 is 23.1 Å². The van der Waals surface area contributed by atoms with Crippen molar-refractivity contribution in [3.8, 4) is 10.6 Å². The molecule has 1 atom stereocenters. The predicted molar refractivity (Wildman–Crippen MR) is 99.7 cm³/mol. The molecule has 0 bridgehead atoms. The molecule has 0 saturated carbocycles. The lowest BCUT2D eigenvalue weighted by atomic mass is 9.92. The highest BCUT2D eigenvalue weighted by Gasteiger charge is 2.31. The van der Waals surface area contributed by atoms with Crippen molar-refractivity contribution in [2.45, 2.75) is 32.7 Å². The normalized spacial score (nSPS) is 16.8. The first-order valence-electron chi connectivity index (χ1n) is 8.48. The van der Waals surface area contributed by atoms with Gasteiger partial charge in [0.15, 0.2) is 0 Å². The smallest absolute Gasteiger partial charge is 0.226 e. The molecule has 6 heteroatoms. The molecule has 3 heterocycles. The first-order valence-corrected chi connectivity index (χ1v) is 9.36. The number of nitrogens with zero attached hydrogens (tertiary/aromatic N) is 3. The third kappa shape index (κ3) is 3.09. The van der Waals surface area contributed by atoms with Crippen molar-refractivity contribution in [2.75, 3.05) is 5.32 Å². The Morgan fingerprint density at radius 3 is 2.88 bits per heavy atom. The molecule has 1 amide bonds. The zero-order valence-electron chi connectivity index (χ0n) is 14.3. The van der Waals surface area contributed by atoms with Gasteiger partial charge in [-0.1, -0.05) is 44.2 Å². The van der Waals surface area contributed by atoms with E-state index in [1.54, 1.807) is 11.3 Å². The summed E-state index contributed by atoms with van der Waals surface area (Å²) in [7, 11) is 0. The average molecular weight is 352 g/mol. The Morgan fingerprint density at radius 1 is 1.32 bits per heavy atom. The van der Waals surface area contributed by atoms with Crippen LogP contribution in [0.15, 0.2) is 41.9 Å². The van der Waals surface area contributed by atoms with E-state index in [2.05, 4.69) is 41.8 Å². The molecule has 1 aromatic carbocycles. The Morgan fingerprint density at radius 2 is 2.12 bits per heavy atom. The van der Waals surface area contributed by atoms with Gasteiger partial charge in [0.25, 0.3) is 0 Å². The lowest BCUT2D eigenvalue weighted by Gasteiger charge is -2.22. The van der Waals surface area contributed by atoms with Crippen molar-refractivity contribution in [3.63, 3.8) is 0 Å². The van der Waals surface area contributed by atoms with Crippen LogP contribution in [0.2, 0.25) is 0 Å². The maximum absolute atomic E-state index is 12.2. The number of anilines is 1. The maximum Gasteiger partial charge on any atom is 0.226 e. The summed E-state index contributed by atoms with van der Waals surface area (Å²) in [6, 6.07) is 10.1. The van der Waals surface area contributed by atoms with E-state index >= 15 is 0 Å². The van der Waals surface area contributed by atoms with Gasteiger partial charge in [0, 0.05) is 35.4 Å². The molecule has 0 spiro atoms. The minimum Gasteiger partial charge on any atom is -0.311 e. The topological polar surface area (TPSA) is 59.8 Å². The second-order valence-electron chi connectivity index (χ2n) is 6.77. The summed E-state index contributed by atoms with van der Waals surface area (Å²) in [5.74, 6) is 1.28. The molecule has 4 rings (SSSR count). The molecular formula is C19H20N4OS. The number of aromatic nitrogens is 3. The van der Waals surface area contributed by atoms with E-state index in [0.29, 0.717) is 12.3 Å². The summed E-state index contributed by atoms with van der Waals surface area (Å²) >= 11 is 1.62. The van der Waals surface area contributed by atoms with Crippen molar-refractivity contribution in [2.24, 2.45) is 5.92 Å². The van der Waals surface area contributed by atoms with Crippen LogP contribution in [-0.4, -0.2) is 20.7 Å². The van der Waals surface area contributed by atoms with Gasteiger partial charge < -0.3 is 5.32 Å². The molecule has 128 valence electrons. The van der Waals surface area contributed by atoms with Gasteiger partial charge >= 0.3 is 0 Å². The molecule has 1 N–H and O–H groups in total. The number of amides is 1. The van der Waals surface area contributed by atoms with Crippen LogP contribution in [-0.2, 0) is 11.3 Å². The van der Waals surface area contributed by atoms with Crippen molar-refractivity contribution in [3.05, 3.63) is 53.2 Å². The lowest BCUT2D eigenvalue weighted by molar-refractivity contribution is -0.116. The molecular weight excluding hydrogens is 332 g/mol. The fraction of sp³-hybridized carbons (Fsp3) is 0.316. The highest BCUT2D eigenvalue weighted by molar-refractivity contribution is 7.13. The first-order chi connectivity index (χ1) is 12.1.